The number of hydrogen-bond acceptors (Lipinski definition) is 3. The fourth-order valence-corrected chi connectivity index (χ4v) is 3.09. The zero-order valence-corrected chi connectivity index (χ0v) is 15.9. The minimum Gasteiger partial charge on any atom is -0.497 e. The highest BCUT2D eigenvalue weighted by atomic mass is 16.6. The number of fused-ring (bicyclic) bond motifs is 1. The van der Waals surface area contributed by atoms with Crippen LogP contribution in [0.25, 0.3) is 6.08 Å². The first-order valence-electron chi connectivity index (χ1n) is 9.23. The van der Waals surface area contributed by atoms with Gasteiger partial charge in [-0.25, -0.2) is 4.79 Å². The molecule has 0 spiro atoms. The molecular formula is C25H19NO3. The van der Waals surface area contributed by atoms with Crippen LogP contribution in [0, 0.1) is 11.8 Å². The minimum absolute atomic E-state index is 0.452. The van der Waals surface area contributed by atoms with Gasteiger partial charge in [0.15, 0.2) is 0 Å². The molecule has 1 aliphatic heterocycles. The molecule has 4 nitrogen and oxygen atoms in total. The first-order chi connectivity index (χ1) is 14.2. The van der Waals surface area contributed by atoms with E-state index in [1.54, 1.807) is 24.1 Å². The average molecular weight is 381 g/mol. The largest absolute Gasteiger partial charge is 0.497 e. The average Bonchev–Trinajstić information content (AvgIpc) is 2.78. The number of ether oxygens (including phenoxy) is 2. The SMILES string of the molecule is COc1ccc2c(c1)C=CC(C#Cc1ccccc1)N2C(=O)Oc1ccccc1. The minimum atomic E-state index is -0.487. The predicted octanol–water partition coefficient (Wildman–Crippen LogP) is 5.15. The number of anilines is 1. The monoisotopic (exact) mass is 381 g/mol. The normalized spacial score (nSPS) is 14.4. The first-order valence-corrected chi connectivity index (χ1v) is 9.23. The molecule has 0 saturated heterocycles. The lowest BCUT2D eigenvalue weighted by atomic mass is 10.0. The zero-order valence-electron chi connectivity index (χ0n) is 15.9. The Morgan fingerprint density at radius 3 is 2.38 bits per heavy atom. The van der Waals surface area contributed by atoms with Gasteiger partial charge < -0.3 is 9.47 Å². The summed E-state index contributed by atoms with van der Waals surface area (Å²) in [6.07, 6.45) is 3.36. The van der Waals surface area contributed by atoms with Crippen molar-refractivity contribution in [3.8, 4) is 23.3 Å². The molecule has 3 aromatic carbocycles. The van der Waals surface area contributed by atoms with Crippen molar-refractivity contribution in [1.29, 1.82) is 0 Å². The van der Waals surface area contributed by atoms with Gasteiger partial charge in [-0.3, -0.25) is 4.90 Å². The van der Waals surface area contributed by atoms with Crippen LogP contribution in [-0.2, 0) is 0 Å². The Labute approximate surface area is 170 Å². The van der Waals surface area contributed by atoms with E-state index < -0.39 is 12.1 Å². The van der Waals surface area contributed by atoms with Crippen LogP contribution in [0.5, 0.6) is 11.5 Å². The summed E-state index contributed by atoms with van der Waals surface area (Å²) >= 11 is 0. The zero-order chi connectivity index (χ0) is 20.1. The number of nitrogens with zero attached hydrogens (tertiary/aromatic N) is 1. The second-order valence-electron chi connectivity index (χ2n) is 6.42. The van der Waals surface area contributed by atoms with Gasteiger partial charge >= 0.3 is 6.09 Å². The van der Waals surface area contributed by atoms with Crippen LogP contribution >= 0.6 is 0 Å². The van der Waals surface area contributed by atoms with Crippen molar-refractivity contribution < 1.29 is 14.3 Å². The molecule has 1 aliphatic rings. The van der Waals surface area contributed by atoms with E-state index in [2.05, 4.69) is 11.8 Å². The highest BCUT2D eigenvalue weighted by Crippen LogP contribution is 2.32. The second-order valence-corrected chi connectivity index (χ2v) is 6.42. The van der Waals surface area contributed by atoms with Crippen molar-refractivity contribution in [2.45, 2.75) is 6.04 Å². The van der Waals surface area contributed by atoms with Gasteiger partial charge in [0.05, 0.1) is 12.8 Å². The molecule has 1 amide bonds. The number of para-hydroxylation sites is 1. The summed E-state index contributed by atoms with van der Waals surface area (Å²) < 4.78 is 10.9. The Balaban J connectivity index is 1.70. The number of hydrogen-bond donors (Lipinski definition) is 0. The summed E-state index contributed by atoms with van der Waals surface area (Å²) in [5.41, 5.74) is 2.48. The quantitative estimate of drug-likeness (QED) is 0.577. The number of rotatable bonds is 2. The smallest absolute Gasteiger partial charge is 0.421 e. The molecule has 0 aliphatic carbocycles. The van der Waals surface area contributed by atoms with Crippen molar-refractivity contribution in [2.75, 3.05) is 12.0 Å². The summed E-state index contributed by atoms with van der Waals surface area (Å²) in [5, 5.41) is 0. The van der Waals surface area contributed by atoms with Gasteiger partial charge in [0.25, 0.3) is 0 Å². The maximum absolute atomic E-state index is 13.1. The van der Waals surface area contributed by atoms with Gasteiger partial charge in [-0.05, 0) is 48.5 Å². The van der Waals surface area contributed by atoms with Crippen LogP contribution in [0.4, 0.5) is 10.5 Å². The van der Waals surface area contributed by atoms with E-state index in [-0.39, 0.29) is 0 Å². The molecule has 1 unspecified atom stereocenters. The summed E-state index contributed by atoms with van der Waals surface area (Å²) in [4.78, 5) is 14.6. The summed E-state index contributed by atoms with van der Waals surface area (Å²) in [6.45, 7) is 0. The molecule has 0 bridgehead atoms. The van der Waals surface area contributed by atoms with Crippen LogP contribution in [0.3, 0.4) is 0 Å². The molecule has 0 N–H and O–H groups in total. The molecule has 0 aromatic heterocycles. The van der Waals surface area contributed by atoms with Crippen LogP contribution in [0.15, 0.2) is 84.9 Å². The van der Waals surface area contributed by atoms with E-state index >= 15 is 0 Å². The van der Waals surface area contributed by atoms with Gasteiger partial charge in [-0.1, -0.05) is 54.3 Å². The summed E-state index contributed by atoms with van der Waals surface area (Å²) in [6, 6.07) is 23.8. The Morgan fingerprint density at radius 1 is 0.931 bits per heavy atom. The van der Waals surface area contributed by atoms with E-state index in [0.717, 1.165) is 22.6 Å². The maximum atomic E-state index is 13.1. The van der Waals surface area contributed by atoms with Crippen LogP contribution in [-0.4, -0.2) is 19.2 Å². The Kier molecular flexibility index (Phi) is 5.31. The standard InChI is InChI=1S/C25H19NO3/c1-28-23-16-17-24-20(18-23)13-15-21(14-12-19-8-4-2-5-9-19)26(24)25(27)29-22-10-6-3-7-11-22/h2-11,13,15-18,21H,1H3. The van der Waals surface area contributed by atoms with Crippen molar-refractivity contribution in [3.05, 3.63) is 96.1 Å². The number of methoxy groups -OCH3 is 1. The second kappa shape index (κ2) is 8.37. The van der Waals surface area contributed by atoms with Crippen LogP contribution in [0.1, 0.15) is 11.1 Å². The summed E-state index contributed by atoms with van der Waals surface area (Å²) in [7, 11) is 1.61. The molecule has 3 aromatic rings. The van der Waals surface area contributed by atoms with E-state index in [9.17, 15) is 4.79 Å². The maximum Gasteiger partial charge on any atom is 0.421 e. The van der Waals surface area contributed by atoms with E-state index in [0.29, 0.717) is 5.75 Å². The first kappa shape index (κ1) is 18.4. The van der Waals surface area contributed by atoms with Gasteiger partial charge in [0.1, 0.15) is 17.5 Å². The third-order valence-electron chi connectivity index (χ3n) is 4.51. The molecule has 0 saturated carbocycles. The lowest BCUT2D eigenvalue weighted by Crippen LogP contribution is -2.42. The Hall–Kier alpha value is -3.97. The van der Waals surface area contributed by atoms with Crippen molar-refractivity contribution >= 4 is 17.9 Å². The highest BCUT2D eigenvalue weighted by molar-refractivity contribution is 5.95. The lowest BCUT2D eigenvalue weighted by molar-refractivity contribution is 0.207. The fourth-order valence-electron chi connectivity index (χ4n) is 3.09. The van der Waals surface area contributed by atoms with Crippen LogP contribution in [0.2, 0.25) is 0 Å². The Morgan fingerprint density at radius 2 is 1.66 bits per heavy atom. The Bertz CT molecular complexity index is 1100. The number of carbonyl (C=O) groups excluding carboxylic acids is 1. The highest BCUT2D eigenvalue weighted by Gasteiger charge is 2.29. The van der Waals surface area contributed by atoms with E-state index in [4.69, 9.17) is 9.47 Å². The number of amides is 1. The van der Waals surface area contributed by atoms with Gasteiger partial charge in [0, 0.05) is 11.1 Å². The number of carbonyl (C=O) groups is 1. The lowest BCUT2D eigenvalue weighted by Gasteiger charge is -2.30. The predicted molar refractivity (Wildman–Crippen MR) is 114 cm³/mol. The van der Waals surface area contributed by atoms with E-state index in [1.165, 1.54) is 0 Å². The molecule has 0 radical (unpaired) electrons. The van der Waals surface area contributed by atoms with Crippen molar-refractivity contribution in [2.24, 2.45) is 0 Å². The molecule has 0 fully saturated rings. The molecule has 29 heavy (non-hydrogen) atoms. The topological polar surface area (TPSA) is 38.8 Å². The molecule has 4 heteroatoms. The molecule has 4 rings (SSSR count). The van der Waals surface area contributed by atoms with Gasteiger partial charge in [-0.2, -0.15) is 0 Å². The summed E-state index contributed by atoms with van der Waals surface area (Å²) in [5.74, 6) is 7.53. The molecule has 142 valence electrons. The third kappa shape index (κ3) is 4.15. The van der Waals surface area contributed by atoms with Crippen molar-refractivity contribution in [3.63, 3.8) is 0 Å². The van der Waals surface area contributed by atoms with Gasteiger partial charge in [-0.15, -0.1) is 0 Å². The van der Waals surface area contributed by atoms with Gasteiger partial charge in [0.2, 0.25) is 0 Å². The fraction of sp³-hybridized carbons (Fsp3) is 0.0800. The molecule has 1 atom stereocenters. The molecule has 1 heterocycles. The van der Waals surface area contributed by atoms with E-state index in [1.807, 2.05) is 78.9 Å². The molecular weight excluding hydrogens is 362 g/mol. The van der Waals surface area contributed by atoms with Crippen molar-refractivity contribution in [1.82, 2.24) is 0 Å². The number of benzene rings is 3. The third-order valence-corrected chi connectivity index (χ3v) is 4.51. The van der Waals surface area contributed by atoms with Crippen LogP contribution < -0.4 is 14.4 Å².